The minimum Gasteiger partial charge on any atom is -0.465 e. The topological polar surface area (TPSA) is 199 Å². The summed E-state index contributed by atoms with van der Waals surface area (Å²) < 4.78 is 21.7. The maximum atomic E-state index is 12.8. The van der Waals surface area contributed by atoms with Crippen molar-refractivity contribution in [3.05, 3.63) is 36.5 Å². The SMILES string of the molecule is CCCCCC/C=C\CCCCCCCC(=O)OCC(O)CN1CCCN(CC(O)COC(=O)CCCCCCC/C=C\CCCCCC)CCN(CC(O)COC(=O)CCCCCCC/C=C\CCCCCC)CCCN(CC(O)COC=O)CC1. The van der Waals surface area contributed by atoms with E-state index >= 15 is 0 Å². The van der Waals surface area contributed by atoms with E-state index in [2.05, 4.69) is 76.8 Å². The highest BCUT2D eigenvalue weighted by molar-refractivity contribution is 5.70. The molecule has 16 heteroatoms. The molecule has 1 rings (SSSR count). The Bertz CT molecular complexity index is 1670. The van der Waals surface area contributed by atoms with Gasteiger partial charge in [0.2, 0.25) is 0 Å². The molecule has 4 N–H and O–H groups in total. The van der Waals surface area contributed by atoms with Crippen LogP contribution in [0.25, 0.3) is 0 Å². The Labute approximate surface area is 531 Å². The molecule has 0 spiro atoms. The van der Waals surface area contributed by atoms with E-state index in [1.807, 2.05) is 0 Å². The molecule has 16 nitrogen and oxygen atoms in total. The van der Waals surface area contributed by atoms with E-state index in [0.29, 0.717) is 90.9 Å². The van der Waals surface area contributed by atoms with Gasteiger partial charge in [-0.1, -0.05) is 173 Å². The molecule has 87 heavy (non-hydrogen) atoms. The summed E-state index contributed by atoms with van der Waals surface area (Å²) in [5.41, 5.74) is 0. The van der Waals surface area contributed by atoms with Gasteiger partial charge in [0.1, 0.15) is 50.8 Å². The first-order valence-electron chi connectivity index (χ1n) is 35.6. The number of carbonyl (C=O) groups is 4. The molecule has 0 aliphatic carbocycles. The van der Waals surface area contributed by atoms with E-state index in [-0.39, 0.29) is 70.5 Å². The van der Waals surface area contributed by atoms with E-state index in [9.17, 15) is 39.6 Å². The number of rotatable bonds is 56. The van der Waals surface area contributed by atoms with E-state index in [0.717, 1.165) is 116 Å². The van der Waals surface area contributed by atoms with Gasteiger partial charge in [-0.15, -0.1) is 0 Å². The monoisotopic (exact) mass is 1230 g/mol. The fourth-order valence-electron chi connectivity index (χ4n) is 11.1. The number of β-amino-alcohol motifs (C(OH)–C–C–N with tert-alkyl or cyclic N) is 4. The number of aliphatic hydroxyl groups is 4. The molecule has 1 aliphatic heterocycles. The first kappa shape index (κ1) is 81.8. The summed E-state index contributed by atoms with van der Waals surface area (Å²) in [7, 11) is 0. The van der Waals surface area contributed by atoms with Crippen molar-refractivity contribution >= 4 is 24.4 Å². The van der Waals surface area contributed by atoms with Crippen LogP contribution < -0.4 is 0 Å². The molecule has 4 unspecified atom stereocenters. The van der Waals surface area contributed by atoms with Gasteiger partial charge in [0, 0.05) is 71.6 Å². The summed E-state index contributed by atoms with van der Waals surface area (Å²) in [6.45, 7) is 12.0. The van der Waals surface area contributed by atoms with Crippen molar-refractivity contribution in [2.45, 2.75) is 289 Å². The predicted octanol–water partition coefficient (Wildman–Crippen LogP) is 13.0. The average Bonchev–Trinajstić information content (AvgIpc) is 3.57. The van der Waals surface area contributed by atoms with Crippen LogP contribution in [0.1, 0.15) is 265 Å². The number of nitrogens with zero attached hydrogens (tertiary/aromatic N) is 4. The maximum Gasteiger partial charge on any atom is 0.305 e. The predicted molar refractivity (Wildman–Crippen MR) is 355 cm³/mol. The molecule has 0 aromatic heterocycles. The van der Waals surface area contributed by atoms with Crippen molar-refractivity contribution in [1.29, 1.82) is 0 Å². The normalized spacial score (nSPS) is 16.3. The number of aliphatic hydroxyl groups excluding tert-OH is 4. The Hall–Kier alpha value is -3.22. The van der Waals surface area contributed by atoms with Crippen LogP contribution in [-0.4, -0.2) is 194 Å². The van der Waals surface area contributed by atoms with Crippen molar-refractivity contribution in [2.75, 3.05) is 105 Å². The number of unbranched alkanes of at least 4 members (excludes halogenated alkanes) is 27. The highest BCUT2D eigenvalue weighted by Crippen LogP contribution is 2.15. The third-order valence-electron chi connectivity index (χ3n) is 16.3. The van der Waals surface area contributed by atoms with Gasteiger partial charge in [0.15, 0.2) is 0 Å². The van der Waals surface area contributed by atoms with Gasteiger partial charge >= 0.3 is 17.9 Å². The van der Waals surface area contributed by atoms with Crippen LogP contribution in [-0.2, 0) is 38.1 Å². The van der Waals surface area contributed by atoms with Crippen LogP contribution in [0, 0.1) is 0 Å². The number of hydrogen-bond donors (Lipinski definition) is 4. The molecular formula is C71H132N4O12. The Morgan fingerprint density at radius 1 is 0.333 bits per heavy atom. The van der Waals surface area contributed by atoms with Gasteiger partial charge < -0.3 is 39.4 Å². The van der Waals surface area contributed by atoms with Crippen molar-refractivity contribution in [3.8, 4) is 0 Å². The molecule has 1 fully saturated rings. The van der Waals surface area contributed by atoms with Gasteiger partial charge in [-0.2, -0.15) is 0 Å². The fraction of sp³-hybridized carbons (Fsp3) is 0.859. The first-order valence-corrected chi connectivity index (χ1v) is 35.6. The van der Waals surface area contributed by atoms with Crippen LogP contribution in [0.15, 0.2) is 36.5 Å². The van der Waals surface area contributed by atoms with Crippen LogP contribution in [0.3, 0.4) is 0 Å². The molecule has 1 aliphatic rings. The number of hydrogen-bond acceptors (Lipinski definition) is 16. The highest BCUT2D eigenvalue weighted by Gasteiger charge is 2.22. The molecule has 0 saturated carbocycles. The summed E-state index contributed by atoms with van der Waals surface area (Å²) >= 11 is 0. The van der Waals surface area contributed by atoms with Crippen LogP contribution in [0.2, 0.25) is 0 Å². The first-order chi connectivity index (χ1) is 42.5. The molecule has 0 amide bonds. The lowest BCUT2D eigenvalue weighted by Crippen LogP contribution is -2.47. The summed E-state index contributed by atoms with van der Waals surface area (Å²) in [6, 6.07) is 0. The van der Waals surface area contributed by atoms with Gasteiger partial charge in [-0.3, -0.25) is 38.8 Å². The molecular weight excluding hydrogens is 1100 g/mol. The Morgan fingerprint density at radius 2 is 0.563 bits per heavy atom. The van der Waals surface area contributed by atoms with Gasteiger partial charge in [-0.25, -0.2) is 0 Å². The molecule has 0 aromatic rings. The van der Waals surface area contributed by atoms with E-state index < -0.39 is 24.4 Å². The average molecular weight is 1230 g/mol. The van der Waals surface area contributed by atoms with Gasteiger partial charge in [-0.05, 0) is 135 Å². The highest BCUT2D eigenvalue weighted by atomic mass is 16.6. The Balaban J connectivity index is 2.92. The van der Waals surface area contributed by atoms with E-state index in [4.69, 9.17) is 18.9 Å². The van der Waals surface area contributed by atoms with Crippen LogP contribution >= 0.6 is 0 Å². The Kier molecular flexibility index (Phi) is 57.9. The lowest BCUT2D eigenvalue weighted by atomic mass is 10.1. The second-order valence-corrected chi connectivity index (χ2v) is 24.9. The third kappa shape index (κ3) is 55.4. The summed E-state index contributed by atoms with van der Waals surface area (Å²) in [5, 5.41) is 44.7. The zero-order valence-corrected chi connectivity index (χ0v) is 55.9. The number of allylic oxidation sites excluding steroid dienone is 6. The Morgan fingerprint density at radius 3 is 0.816 bits per heavy atom. The number of esters is 3. The lowest BCUT2D eigenvalue weighted by molar-refractivity contribution is -0.148. The molecule has 4 atom stereocenters. The zero-order valence-electron chi connectivity index (χ0n) is 55.9. The second-order valence-electron chi connectivity index (χ2n) is 24.9. The number of ether oxygens (including phenoxy) is 4. The second kappa shape index (κ2) is 61.6. The zero-order chi connectivity index (χ0) is 63.3. The lowest BCUT2D eigenvalue weighted by Gasteiger charge is -2.34. The molecule has 1 heterocycles. The van der Waals surface area contributed by atoms with Gasteiger partial charge in [0.05, 0.1) is 0 Å². The standard InChI is InChI=1S/C71H132N4O12/c1-4-7-10-13-16-19-22-25-28-31-34-37-40-45-69(81)85-61-66(78)57-73-50-44-51-75(59-68(80)63-87-71(83)47-42-39-36-33-30-27-24-21-18-15-12-9-6-3)55-54-74(49-43-48-72(52-53-73)56-65(77)60-84-64-76)58-67(79)62-86-70(82)46-41-38-35-32-29-26-23-20-17-14-11-8-5-2/h19-24,64-68,77-80H,4-18,25-63H2,1-3H3/b22-19-,23-20-,24-21-. The quantitative estimate of drug-likeness (QED) is 0.0147. The van der Waals surface area contributed by atoms with Crippen molar-refractivity contribution in [1.82, 2.24) is 19.6 Å². The summed E-state index contributed by atoms with van der Waals surface area (Å²) in [6.07, 6.45) is 50.0. The molecule has 0 radical (unpaired) electrons. The molecule has 0 bridgehead atoms. The molecule has 1 saturated heterocycles. The summed E-state index contributed by atoms with van der Waals surface area (Å²) in [5.74, 6) is -0.921. The van der Waals surface area contributed by atoms with Crippen molar-refractivity contribution in [3.63, 3.8) is 0 Å². The fourth-order valence-corrected chi connectivity index (χ4v) is 11.1. The molecule has 508 valence electrons. The largest absolute Gasteiger partial charge is 0.465 e. The third-order valence-corrected chi connectivity index (χ3v) is 16.3. The van der Waals surface area contributed by atoms with E-state index in [1.165, 1.54) is 96.3 Å². The van der Waals surface area contributed by atoms with Gasteiger partial charge in [0.25, 0.3) is 6.47 Å². The van der Waals surface area contributed by atoms with Crippen LogP contribution in [0.5, 0.6) is 0 Å². The smallest absolute Gasteiger partial charge is 0.305 e. The van der Waals surface area contributed by atoms with E-state index in [1.54, 1.807) is 0 Å². The summed E-state index contributed by atoms with van der Waals surface area (Å²) in [4.78, 5) is 57.9. The minimum atomic E-state index is -0.925. The maximum absolute atomic E-state index is 12.8. The van der Waals surface area contributed by atoms with Crippen molar-refractivity contribution in [2.24, 2.45) is 0 Å². The molecule has 0 aromatic carbocycles. The van der Waals surface area contributed by atoms with Crippen LogP contribution in [0.4, 0.5) is 0 Å². The number of carbonyl (C=O) groups excluding carboxylic acids is 4. The van der Waals surface area contributed by atoms with Crippen molar-refractivity contribution < 1.29 is 58.6 Å². The minimum absolute atomic E-state index is 0.113.